The second-order valence-corrected chi connectivity index (χ2v) is 6.54. The lowest BCUT2D eigenvalue weighted by Gasteiger charge is -2.09. The number of halogens is 2. The third kappa shape index (κ3) is 3.67. The first-order valence-electron chi connectivity index (χ1n) is 7.32. The van der Waals surface area contributed by atoms with Gasteiger partial charge in [-0.1, -0.05) is 23.7 Å². The Morgan fingerprint density at radius 1 is 1.28 bits per heavy atom. The summed E-state index contributed by atoms with van der Waals surface area (Å²) in [5.74, 6) is 1.38. The van der Waals surface area contributed by atoms with Crippen LogP contribution in [0.2, 0.25) is 5.02 Å². The fourth-order valence-corrected chi connectivity index (χ4v) is 2.99. The largest absolute Gasteiger partial charge is 0.484 e. The average Bonchev–Trinajstić information content (AvgIpc) is 2.95. The van der Waals surface area contributed by atoms with Crippen molar-refractivity contribution in [1.82, 2.24) is 14.8 Å². The second kappa shape index (κ2) is 7.25. The number of nitrogens with two attached hydrogens (primary N) is 1. The molecule has 6 nitrogen and oxygen atoms in total. The molecule has 0 fully saturated rings. The van der Waals surface area contributed by atoms with Gasteiger partial charge in [-0.2, -0.15) is 0 Å². The highest BCUT2D eigenvalue weighted by molar-refractivity contribution is 9.10. The maximum absolute atomic E-state index is 11.2. The molecule has 0 radical (unpaired) electrons. The van der Waals surface area contributed by atoms with Gasteiger partial charge in [0.25, 0.3) is 0 Å². The molecule has 0 aliphatic heterocycles. The van der Waals surface area contributed by atoms with Gasteiger partial charge in [-0.25, -0.2) is 0 Å². The monoisotopic (exact) mass is 420 g/mol. The Morgan fingerprint density at radius 3 is 2.72 bits per heavy atom. The Labute approximate surface area is 157 Å². The van der Waals surface area contributed by atoms with Crippen LogP contribution in [0, 0.1) is 0 Å². The molecule has 3 rings (SSSR count). The normalized spacial score (nSPS) is 10.7. The molecule has 25 heavy (non-hydrogen) atoms. The van der Waals surface area contributed by atoms with Crippen molar-refractivity contribution >= 4 is 33.4 Å². The molecular formula is C17H14BrClN4O2. The Balaban J connectivity index is 1.79. The van der Waals surface area contributed by atoms with Gasteiger partial charge in [0.2, 0.25) is 5.91 Å². The molecule has 0 unspecified atom stereocenters. The molecule has 0 aliphatic carbocycles. The lowest BCUT2D eigenvalue weighted by Crippen LogP contribution is -2.11. The first kappa shape index (κ1) is 17.4. The van der Waals surface area contributed by atoms with Crippen LogP contribution in [-0.2, 0) is 13.7 Å². The van der Waals surface area contributed by atoms with Crippen LogP contribution in [0.5, 0.6) is 5.75 Å². The van der Waals surface area contributed by atoms with Crippen LogP contribution in [0.15, 0.2) is 46.9 Å². The van der Waals surface area contributed by atoms with Gasteiger partial charge >= 0.3 is 0 Å². The summed E-state index contributed by atoms with van der Waals surface area (Å²) < 4.78 is 8.23. The van der Waals surface area contributed by atoms with Gasteiger partial charge in [0.1, 0.15) is 12.4 Å². The Morgan fingerprint density at radius 2 is 2.04 bits per heavy atom. The van der Waals surface area contributed by atoms with Crippen LogP contribution in [0.4, 0.5) is 0 Å². The van der Waals surface area contributed by atoms with E-state index < -0.39 is 5.91 Å². The minimum absolute atomic E-state index is 0.211. The van der Waals surface area contributed by atoms with Crippen LogP contribution in [0.25, 0.3) is 11.4 Å². The molecule has 1 aromatic heterocycles. The van der Waals surface area contributed by atoms with Crippen molar-refractivity contribution < 1.29 is 9.53 Å². The van der Waals surface area contributed by atoms with E-state index in [2.05, 4.69) is 26.1 Å². The summed E-state index contributed by atoms with van der Waals surface area (Å²) in [7, 11) is 1.85. The van der Waals surface area contributed by atoms with Crippen molar-refractivity contribution in [2.75, 3.05) is 0 Å². The summed E-state index contributed by atoms with van der Waals surface area (Å²) in [5, 5.41) is 8.96. The first-order valence-corrected chi connectivity index (χ1v) is 8.50. The Bertz CT molecular complexity index is 942. The predicted molar refractivity (Wildman–Crippen MR) is 98.4 cm³/mol. The molecule has 0 aliphatic rings. The fourth-order valence-electron chi connectivity index (χ4n) is 2.28. The molecule has 1 amide bonds. The Kier molecular flexibility index (Phi) is 5.06. The number of carbonyl (C=O) groups excluding carboxylic acids is 1. The number of primary amides is 1. The molecule has 8 heteroatoms. The summed E-state index contributed by atoms with van der Waals surface area (Å²) in [4.78, 5) is 11.2. The number of ether oxygens (including phenoxy) is 1. The van der Waals surface area contributed by atoms with Crippen LogP contribution in [0.1, 0.15) is 16.2 Å². The zero-order valence-corrected chi connectivity index (χ0v) is 15.6. The molecule has 3 aromatic rings. The van der Waals surface area contributed by atoms with Crippen molar-refractivity contribution in [1.29, 1.82) is 0 Å². The molecule has 0 atom stereocenters. The highest BCUT2D eigenvalue weighted by Crippen LogP contribution is 2.28. The number of benzene rings is 2. The summed E-state index contributed by atoms with van der Waals surface area (Å²) in [5.41, 5.74) is 6.46. The van der Waals surface area contributed by atoms with E-state index in [0.29, 0.717) is 32.5 Å². The van der Waals surface area contributed by atoms with E-state index in [1.54, 1.807) is 24.3 Å². The maximum Gasteiger partial charge on any atom is 0.248 e. The van der Waals surface area contributed by atoms with Crippen LogP contribution >= 0.6 is 27.5 Å². The number of aromatic nitrogens is 3. The standard InChI is InChI=1S/C17H14BrClN4O2/c1-23-15(21-22-17(23)11-4-2-3-5-13(11)19)9-25-14-7-6-10(16(20)24)8-12(14)18/h2-8H,9H2,1H3,(H2,20,24). The van der Waals surface area contributed by atoms with E-state index in [1.165, 1.54) is 0 Å². The number of hydrogen-bond donors (Lipinski definition) is 1. The molecule has 2 N–H and O–H groups in total. The van der Waals surface area contributed by atoms with Gasteiger partial charge < -0.3 is 15.0 Å². The zero-order chi connectivity index (χ0) is 18.0. The molecule has 128 valence electrons. The van der Waals surface area contributed by atoms with E-state index in [-0.39, 0.29) is 6.61 Å². The van der Waals surface area contributed by atoms with E-state index >= 15 is 0 Å². The van der Waals surface area contributed by atoms with Crippen molar-refractivity contribution in [3.8, 4) is 17.1 Å². The minimum Gasteiger partial charge on any atom is -0.484 e. The quantitative estimate of drug-likeness (QED) is 0.682. The van der Waals surface area contributed by atoms with E-state index in [9.17, 15) is 4.79 Å². The van der Waals surface area contributed by atoms with Crippen LogP contribution < -0.4 is 10.5 Å². The summed E-state index contributed by atoms with van der Waals surface area (Å²) >= 11 is 9.58. The van der Waals surface area contributed by atoms with Crippen molar-refractivity contribution in [3.63, 3.8) is 0 Å². The molecule has 0 bridgehead atoms. The first-order chi connectivity index (χ1) is 12.0. The second-order valence-electron chi connectivity index (χ2n) is 5.28. The number of carbonyl (C=O) groups is 1. The summed E-state index contributed by atoms with van der Waals surface area (Å²) in [6.45, 7) is 0.211. The van der Waals surface area contributed by atoms with Gasteiger partial charge in [-0.15, -0.1) is 10.2 Å². The van der Waals surface area contributed by atoms with Crippen molar-refractivity contribution in [3.05, 3.63) is 63.3 Å². The van der Waals surface area contributed by atoms with Crippen LogP contribution in [-0.4, -0.2) is 20.7 Å². The van der Waals surface area contributed by atoms with Crippen molar-refractivity contribution in [2.45, 2.75) is 6.61 Å². The summed E-state index contributed by atoms with van der Waals surface area (Å²) in [6.07, 6.45) is 0. The maximum atomic E-state index is 11.2. The van der Waals surface area contributed by atoms with Gasteiger partial charge in [-0.05, 0) is 46.3 Å². The third-order valence-electron chi connectivity index (χ3n) is 3.65. The third-order valence-corrected chi connectivity index (χ3v) is 4.60. The highest BCUT2D eigenvalue weighted by Gasteiger charge is 2.14. The van der Waals surface area contributed by atoms with Crippen LogP contribution in [0.3, 0.4) is 0 Å². The number of rotatable bonds is 5. The SMILES string of the molecule is Cn1c(COc2ccc(C(N)=O)cc2Br)nnc1-c1ccccc1Cl. The lowest BCUT2D eigenvalue weighted by atomic mass is 10.2. The molecular weight excluding hydrogens is 408 g/mol. The number of amides is 1. The molecule has 0 spiro atoms. The number of nitrogens with zero attached hydrogens (tertiary/aromatic N) is 3. The smallest absolute Gasteiger partial charge is 0.248 e. The van der Waals surface area contributed by atoms with Gasteiger partial charge in [0, 0.05) is 18.2 Å². The van der Waals surface area contributed by atoms with E-state index in [4.69, 9.17) is 22.1 Å². The van der Waals surface area contributed by atoms with E-state index in [1.807, 2.05) is 29.8 Å². The topological polar surface area (TPSA) is 83.0 Å². The molecule has 0 saturated heterocycles. The molecule has 0 saturated carbocycles. The summed E-state index contributed by atoms with van der Waals surface area (Å²) in [6, 6.07) is 12.3. The van der Waals surface area contributed by atoms with Gasteiger partial charge in [-0.3, -0.25) is 4.79 Å². The van der Waals surface area contributed by atoms with Gasteiger partial charge in [0.15, 0.2) is 11.6 Å². The molecule has 2 aromatic carbocycles. The highest BCUT2D eigenvalue weighted by atomic mass is 79.9. The van der Waals surface area contributed by atoms with Gasteiger partial charge in [0.05, 0.1) is 9.50 Å². The predicted octanol–water partition coefficient (Wildman–Crippen LogP) is 3.58. The Hall–Kier alpha value is -2.38. The zero-order valence-electron chi connectivity index (χ0n) is 13.2. The fraction of sp³-hybridized carbons (Fsp3) is 0.118. The lowest BCUT2D eigenvalue weighted by molar-refractivity contribution is 0.1000. The average molecular weight is 422 g/mol. The van der Waals surface area contributed by atoms with E-state index in [0.717, 1.165) is 5.56 Å². The number of hydrogen-bond acceptors (Lipinski definition) is 4. The molecule has 1 heterocycles. The minimum atomic E-state index is -0.495. The van der Waals surface area contributed by atoms with Crippen molar-refractivity contribution in [2.24, 2.45) is 12.8 Å².